The molecule has 0 aromatic rings. The molecule has 6 heteroatoms. The minimum absolute atomic E-state index is 0.363. The Kier molecular flexibility index (Phi) is 3.96. The van der Waals surface area contributed by atoms with Gasteiger partial charge in [-0.05, 0) is 0 Å². The molecule has 1 fully saturated rings. The van der Waals surface area contributed by atoms with E-state index >= 15 is 0 Å². The molecule has 5 atom stereocenters. The van der Waals surface area contributed by atoms with Crippen molar-refractivity contribution in [1.82, 2.24) is 0 Å². The van der Waals surface area contributed by atoms with Crippen molar-refractivity contribution in [2.75, 3.05) is 13.7 Å². The molecule has 3 N–H and O–H groups in total. The summed E-state index contributed by atoms with van der Waals surface area (Å²) in [6.07, 6.45) is -3.71. The summed E-state index contributed by atoms with van der Waals surface area (Å²) in [6, 6.07) is 0. The van der Waals surface area contributed by atoms with Crippen LogP contribution in [-0.2, 0) is 9.47 Å². The lowest BCUT2D eigenvalue weighted by molar-refractivity contribution is -0.244. The van der Waals surface area contributed by atoms with Crippen molar-refractivity contribution >= 4 is 12.6 Å². The number of aliphatic hydroxyl groups is 3. The summed E-state index contributed by atoms with van der Waals surface area (Å²) in [7, 11) is 1.41. The standard InChI is InChI=1S/C7H14O5S/c1-11-7-6(13)5(10)4(9)3(2-8)12-7/h3-10,13H,2H2,1H3/t3-,4-,5+,6+,7+/m1/s1. The van der Waals surface area contributed by atoms with E-state index in [4.69, 9.17) is 14.6 Å². The van der Waals surface area contributed by atoms with Crippen molar-refractivity contribution in [3.63, 3.8) is 0 Å². The van der Waals surface area contributed by atoms with Gasteiger partial charge in [0.05, 0.1) is 18.0 Å². The van der Waals surface area contributed by atoms with Gasteiger partial charge in [0.1, 0.15) is 12.2 Å². The highest BCUT2D eigenvalue weighted by molar-refractivity contribution is 7.81. The molecular weight excluding hydrogens is 196 g/mol. The fourth-order valence-electron chi connectivity index (χ4n) is 1.26. The summed E-state index contributed by atoms with van der Waals surface area (Å²) in [5, 5.41) is 27.0. The van der Waals surface area contributed by atoms with Crippen LogP contribution in [0.15, 0.2) is 0 Å². The van der Waals surface area contributed by atoms with Crippen molar-refractivity contribution in [1.29, 1.82) is 0 Å². The van der Waals surface area contributed by atoms with E-state index in [1.807, 2.05) is 0 Å². The van der Waals surface area contributed by atoms with E-state index in [-0.39, 0.29) is 6.61 Å². The molecule has 78 valence electrons. The number of ether oxygens (including phenoxy) is 2. The van der Waals surface area contributed by atoms with Gasteiger partial charge in [-0.25, -0.2) is 0 Å². The zero-order valence-corrected chi connectivity index (χ0v) is 8.09. The van der Waals surface area contributed by atoms with Gasteiger partial charge in [-0.1, -0.05) is 0 Å². The van der Waals surface area contributed by atoms with Crippen LogP contribution in [0.5, 0.6) is 0 Å². The summed E-state index contributed by atoms with van der Waals surface area (Å²) in [4.78, 5) is 0. The monoisotopic (exact) mass is 210 g/mol. The Morgan fingerprint density at radius 1 is 1.38 bits per heavy atom. The Morgan fingerprint density at radius 3 is 2.46 bits per heavy atom. The predicted octanol–water partition coefficient (Wildman–Crippen LogP) is -1.63. The molecule has 1 heterocycles. The van der Waals surface area contributed by atoms with Crippen LogP contribution >= 0.6 is 12.6 Å². The van der Waals surface area contributed by atoms with Crippen LogP contribution in [0.25, 0.3) is 0 Å². The first-order chi connectivity index (χ1) is 6.11. The lowest BCUT2D eigenvalue weighted by Crippen LogP contribution is -2.57. The quantitative estimate of drug-likeness (QED) is 0.412. The van der Waals surface area contributed by atoms with Crippen LogP contribution in [0.3, 0.4) is 0 Å². The molecule has 5 nitrogen and oxygen atoms in total. The molecule has 0 unspecified atom stereocenters. The van der Waals surface area contributed by atoms with Gasteiger partial charge in [0.2, 0.25) is 0 Å². The number of aliphatic hydroxyl groups excluding tert-OH is 3. The van der Waals surface area contributed by atoms with Gasteiger partial charge in [-0.15, -0.1) is 0 Å². The first kappa shape index (κ1) is 11.2. The van der Waals surface area contributed by atoms with Gasteiger partial charge in [0.15, 0.2) is 6.29 Å². The Morgan fingerprint density at radius 2 is 2.00 bits per heavy atom. The molecule has 13 heavy (non-hydrogen) atoms. The first-order valence-electron chi connectivity index (χ1n) is 3.95. The summed E-state index contributed by atoms with van der Waals surface area (Å²) in [5.41, 5.74) is 0. The van der Waals surface area contributed by atoms with E-state index in [9.17, 15) is 10.2 Å². The molecule has 1 rings (SSSR count). The number of hydrogen-bond donors (Lipinski definition) is 4. The highest BCUT2D eigenvalue weighted by Gasteiger charge is 2.42. The lowest BCUT2D eigenvalue weighted by Gasteiger charge is -2.39. The smallest absolute Gasteiger partial charge is 0.171 e. The van der Waals surface area contributed by atoms with E-state index in [1.54, 1.807) is 0 Å². The van der Waals surface area contributed by atoms with E-state index < -0.39 is 29.9 Å². The van der Waals surface area contributed by atoms with Crippen molar-refractivity contribution in [3.8, 4) is 0 Å². The van der Waals surface area contributed by atoms with E-state index in [0.29, 0.717) is 0 Å². The maximum absolute atomic E-state index is 9.45. The van der Waals surface area contributed by atoms with Crippen LogP contribution in [0.4, 0.5) is 0 Å². The van der Waals surface area contributed by atoms with Crippen molar-refractivity contribution < 1.29 is 24.8 Å². The van der Waals surface area contributed by atoms with Crippen LogP contribution in [0.2, 0.25) is 0 Å². The Labute approximate surface area is 81.7 Å². The Balaban J connectivity index is 2.66. The average Bonchev–Trinajstić information content (AvgIpc) is 2.15. The van der Waals surface area contributed by atoms with Crippen molar-refractivity contribution in [3.05, 3.63) is 0 Å². The summed E-state index contributed by atoms with van der Waals surface area (Å²) in [5.74, 6) is 0. The zero-order chi connectivity index (χ0) is 10.0. The van der Waals surface area contributed by atoms with Gasteiger partial charge in [-0.3, -0.25) is 0 Å². The number of thiol groups is 1. The van der Waals surface area contributed by atoms with Gasteiger partial charge >= 0.3 is 0 Å². The lowest BCUT2D eigenvalue weighted by atomic mass is 10.0. The summed E-state index contributed by atoms with van der Waals surface area (Å²) in [6.45, 7) is -0.363. The van der Waals surface area contributed by atoms with Gasteiger partial charge in [-0.2, -0.15) is 12.6 Å². The fourth-order valence-corrected chi connectivity index (χ4v) is 1.63. The van der Waals surface area contributed by atoms with Crippen molar-refractivity contribution in [2.45, 2.75) is 29.9 Å². The first-order valence-corrected chi connectivity index (χ1v) is 4.46. The molecule has 0 aliphatic carbocycles. The minimum atomic E-state index is -1.13. The van der Waals surface area contributed by atoms with Gasteiger partial charge in [0.25, 0.3) is 0 Å². The molecule has 0 aromatic heterocycles. The molecule has 0 spiro atoms. The second-order valence-corrected chi connectivity index (χ2v) is 3.53. The van der Waals surface area contributed by atoms with Gasteiger partial charge in [0, 0.05) is 7.11 Å². The molecule has 0 saturated carbocycles. The molecule has 1 saturated heterocycles. The maximum atomic E-state index is 9.45. The summed E-state index contributed by atoms with van der Waals surface area (Å²) >= 11 is 4.03. The molecular formula is C7H14O5S. The molecule has 1 aliphatic rings. The van der Waals surface area contributed by atoms with E-state index in [0.717, 1.165) is 0 Å². The van der Waals surface area contributed by atoms with Crippen LogP contribution in [-0.4, -0.2) is 58.9 Å². The molecule has 1 aliphatic heterocycles. The number of methoxy groups -OCH3 is 1. The Hall–Kier alpha value is 0.150. The van der Waals surface area contributed by atoms with E-state index in [1.165, 1.54) is 7.11 Å². The third-order valence-electron chi connectivity index (χ3n) is 2.08. The van der Waals surface area contributed by atoms with Crippen LogP contribution < -0.4 is 0 Å². The maximum Gasteiger partial charge on any atom is 0.171 e. The van der Waals surface area contributed by atoms with Crippen LogP contribution in [0, 0.1) is 0 Å². The molecule has 0 amide bonds. The topological polar surface area (TPSA) is 79.2 Å². The Bertz CT molecular complexity index is 147. The largest absolute Gasteiger partial charge is 0.394 e. The normalized spacial score (nSPS) is 46.4. The van der Waals surface area contributed by atoms with E-state index in [2.05, 4.69) is 12.6 Å². The highest BCUT2D eigenvalue weighted by Crippen LogP contribution is 2.24. The minimum Gasteiger partial charge on any atom is -0.394 e. The predicted molar refractivity (Wildman–Crippen MR) is 47.5 cm³/mol. The van der Waals surface area contributed by atoms with Gasteiger partial charge < -0.3 is 24.8 Å². The fraction of sp³-hybridized carbons (Fsp3) is 1.00. The average molecular weight is 210 g/mol. The molecule has 0 aromatic carbocycles. The molecule has 0 radical (unpaired) electrons. The zero-order valence-electron chi connectivity index (χ0n) is 7.20. The third kappa shape index (κ3) is 2.15. The molecule has 0 bridgehead atoms. The third-order valence-corrected chi connectivity index (χ3v) is 2.63. The second kappa shape index (κ2) is 4.59. The van der Waals surface area contributed by atoms with Crippen LogP contribution in [0.1, 0.15) is 0 Å². The second-order valence-electron chi connectivity index (χ2n) is 2.93. The number of rotatable bonds is 2. The van der Waals surface area contributed by atoms with Crippen molar-refractivity contribution in [2.24, 2.45) is 0 Å². The highest BCUT2D eigenvalue weighted by atomic mass is 32.1. The number of hydrogen-bond acceptors (Lipinski definition) is 6. The SMILES string of the molecule is CO[C@H]1O[C@H](CO)[C@@H](O)[C@H](O)[C@@H]1S. The summed E-state index contributed by atoms with van der Waals surface area (Å²) < 4.78 is 9.99.